The van der Waals surface area contributed by atoms with Gasteiger partial charge in [-0.2, -0.15) is 0 Å². The van der Waals surface area contributed by atoms with E-state index in [2.05, 4.69) is 73.1 Å². The summed E-state index contributed by atoms with van der Waals surface area (Å²) < 4.78 is 0. The maximum Gasteiger partial charge on any atom is 0.192 e. The third-order valence-corrected chi connectivity index (χ3v) is 5.25. The lowest BCUT2D eigenvalue weighted by Crippen LogP contribution is -2.38. The van der Waals surface area contributed by atoms with E-state index in [9.17, 15) is 0 Å². The topological polar surface area (TPSA) is 49.3 Å². The number of guanidine groups is 1. The number of hydrogen-bond donors (Lipinski definition) is 2. The van der Waals surface area contributed by atoms with Gasteiger partial charge in [-0.1, -0.05) is 26.8 Å². The molecule has 0 saturated carbocycles. The summed E-state index contributed by atoms with van der Waals surface area (Å²) >= 11 is 3.44. The van der Waals surface area contributed by atoms with Crippen LogP contribution < -0.4 is 10.6 Å². The van der Waals surface area contributed by atoms with E-state index in [1.54, 1.807) is 22.7 Å². The lowest BCUT2D eigenvalue weighted by molar-refractivity contribution is 0.571. The number of halogens is 1. The van der Waals surface area contributed by atoms with Gasteiger partial charge in [0, 0.05) is 22.2 Å². The van der Waals surface area contributed by atoms with Gasteiger partial charge in [-0.05, 0) is 25.3 Å². The van der Waals surface area contributed by atoms with Crippen LogP contribution >= 0.6 is 46.7 Å². The van der Waals surface area contributed by atoms with Gasteiger partial charge in [0.15, 0.2) is 5.96 Å². The highest BCUT2D eigenvalue weighted by atomic mass is 127. The first-order valence-corrected chi connectivity index (χ1v) is 9.69. The van der Waals surface area contributed by atoms with Crippen molar-refractivity contribution in [2.24, 2.45) is 4.99 Å². The fourth-order valence-corrected chi connectivity index (χ4v) is 3.69. The number of nitrogens with zero attached hydrogens (tertiary/aromatic N) is 2. The molecule has 0 aliphatic heterocycles. The van der Waals surface area contributed by atoms with Crippen LogP contribution in [0, 0.1) is 0 Å². The van der Waals surface area contributed by atoms with Crippen LogP contribution in [-0.4, -0.2) is 17.5 Å². The monoisotopic (exact) mass is 478 g/mol. The summed E-state index contributed by atoms with van der Waals surface area (Å²) in [5, 5.41) is 12.0. The quantitative estimate of drug-likeness (QED) is 0.364. The van der Waals surface area contributed by atoms with Gasteiger partial charge >= 0.3 is 0 Å². The molecule has 2 heterocycles. The molecule has 4 nitrogen and oxygen atoms in total. The van der Waals surface area contributed by atoms with Crippen molar-refractivity contribution in [3.8, 4) is 0 Å². The highest BCUT2D eigenvalue weighted by Gasteiger charge is 2.17. The summed E-state index contributed by atoms with van der Waals surface area (Å²) in [7, 11) is 0. The molecule has 0 aromatic carbocycles. The second-order valence-electron chi connectivity index (χ2n) is 6.45. The molecule has 2 aromatic rings. The van der Waals surface area contributed by atoms with Crippen molar-refractivity contribution >= 4 is 52.6 Å². The smallest absolute Gasteiger partial charge is 0.192 e. The van der Waals surface area contributed by atoms with Crippen LogP contribution in [0.3, 0.4) is 0 Å². The molecule has 134 valence electrons. The first kappa shape index (κ1) is 21.4. The summed E-state index contributed by atoms with van der Waals surface area (Å²) in [6.07, 6.45) is 0. The molecule has 2 N–H and O–H groups in total. The summed E-state index contributed by atoms with van der Waals surface area (Å²) in [5.41, 5.74) is 1.23. The molecule has 1 unspecified atom stereocenters. The molecule has 0 amide bonds. The Morgan fingerprint density at radius 2 is 2.08 bits per heavy atom. The lowest BCUT2D eigenvalue weighted by Gasteiger charge is -2.16. The van der Waals surface area contributed by atoms with E-state index in [0.29, 0.717) is 6.54 Å². The zero-order valence-electron chi connectivity index (χ0n) is 14.9. The Balaban J connectivity index is 0.00000288. The Morgan fingerprint density at radius 1 is 1.33 bits per heavy atom. The van der Waals surface area contributed by atoms with E-state index >= 15 is 0 Å². The van der Waals surface area contributed by atoms with Gasteiger partial charge in [-0.25, -0.2) is 9.98 Å². The van der Waals surface area contributed by atoms with Crippen LogP contribution in [0.15, 0.2) is 27.9 Å². The fourth-order valence-electron chi connectivity index (χ4n) is 2.01. The standard InChI is InChI=1S/C17H26N4S2.HI/c1-6-18-16(20-12(2)13-8-7-9-22-13)19-10-15-21-14(11-23-15)17(3,4)5;/h7-9,11-12H,6,10H2,1-5H3,(H2,18,19,20);1H. The number of nitrogens with one attached hydrogen (secondary N) is 2. The Kier molecular flexibility index (Phi) is 8.66. The molecule has 1 atom stereocenters. The predicted molar refractivity (Wildman–Crippen MR) is 117 cm³/mol. The maximum absolute atomic E-state index is 4.70. The third-order valence-electron chi connectivity index (χ3n) is 3.36. The molecule has 0 spiro atoms. The van der Waals surface area contributed by atoms with Crippen molar-refractivity contribution in [1.82, 2.24) is 15.6 Å². The molecule has 0 saturated heterocycles. The van der Waals surface area contributed by atoms with Crippen molar-refractivity contribution in [1.29, 1.82) is 0 Å². The van der Waals surface area contributed by atoms with Gasteiger partial charge in [0.25, 0.3) is 0 Å². The number of thiazole rings is 1. The van der Waals surface area contributed by atoms with Crippen molar-refractivity contribution in [3.05, 3.63) is 38.5 Å². The minimum atomic E-state index is 0. The first-order chi connectivity index (χ1) is 10.9. The zero-order chi connectivity index (χ0) is 16.9. The summed E-state index contributed by atoms with van der Waals surface area (Å²) in [6.45, 7) is 12.2. The van der Waals surface area contributed by atoms with E-state index in [4.69, 9.17) is 4.98 Å². The molecule has 0 bridgehead atoms. The largest absolute Gasteiger partial charge is 0.357 e. The third kappa shape index (κ3) is 6.33. The Labute approximate surface area is 170 Å². The van der Waals surface area contributed by atoms with E-state index in [-0.39, 0.29) is 35.4 Å². The second kappa shape index (κ2) is 9.72. The van der Waals surface area contributed by atoms with Crippen molar-refractivity contribution in [3.63, 3.8) is 0 Å². The molecular formula is C17H27IN4S2. The normalized spacial score (nSPS) is 13.3. The Morgan fingerprint density at radius 3 is 2.62 bits per heavy atom. The van der Waals surface area contributed by atoms with E-state index in [1.165, 1.54) is 4.88 Å². The Hall–Kier alpha value is -0.670. The number of hydrogen-bond acceptors (Lipinski definition) is 4. The zero-order valence-corrected chi connectivity index (χ0v) is 18.9. The minimum Gasteiger partial charge on any atom is -0.357 e. The van der Waals surface area contributed by atoms with Gasteiger partial charge < -0.3 is 10.6 Å². The molecule has 0 radical (unpaired) electrons. The minimum absolute atomic E-state index is 0. The number of rotatable bonds is 5. The lowest BCUT2D eigenvalue weighted by atomic mass is 9.93. The average molecular weight is 478 g/mol. The van der Waals surface area contributed by atoms with Crippen LogP contribution in [0.4, 0.5) is 0 Å². The van der Waals surface area contributed by atoms with Crippen LogP contribution in [0.25, 0.3) is 0 Å². The van der Waals surface area contributed by atoms with Crippen LogP contribution in [0.1, 0.15) is 56.2 Å². The molecule has 0 aliphatic carbocycles. The SMILES string of the molecule is CCNC(=NCc1nc(C(C)(C)C)cs1)NC(C)c1cccs1.I. The van der Waals surface area contributed by atoms with Gasteiger partial charge in [-0.15, -0.1) is 46.7 Å². The summed E-state index contributed by atoms with van der Waals surface area (Å²) in [4.78, 5) is 10.7. The van der Waals surface area contributed by atoms with Gasteiger partial charge in [0.1, 0.15) is 5.01 Å². The molecule has 24 heavy (non-hydrogen) atoms. The van der Waals surface area contributed by atoms with E-state index in [1.807, 2.05) is 0 Å². The van der Waals surface area contributed by atoms with Gasteiger partial charge in [0.05, 0.1) is 18.3 Å². The predicted octanol–water partition coefficient (Wildman–Crippen LogP) is 4.94. The fraction of sp³-hybridized carbons (Fsp3) is 0.529. The highest BCUT2D eigenvalue weighted by molar-refractivity contribution is 14.0. The molecule has 2 rings (SSSR count). The van der Waals surface area contributed by atoms with Crippen molar-refractivity contribution in [2.45, 2.75) is 52.6 Å². The second-order valence-corrected chi connectivity index (χ2v) is 8.38. The first-order valence-electron chi connectivity index (χ1n) is 7.93. The highest BCUT2D eigenvalue weighted by Crippen LogP contribution is 2.24. The van der Waals surface area contributed by atoms with Crippen LogP contribution in [0.2, 0.25) is 0 Å². The number of aliphatic imine (C=N–C) groups is 1. The molecular weight excluding hydrogens is 451 g/mol. The summed E-state index contributed by atoms with van der Waals surface area (Å²) in [6, 6.07) is 4.46. The van der Waals surface area contributed by atoms with E-state index in [0.717, 1.165) is 23.2 Å². The maximum atomic E-state index is 4.70. The van der Waals surface area contributed by atoms with Gasteiger partial charge in [0.2, 0.25) is 0 Å². The number of aromatic nitrogens is 1. The number of thiophene rings is 1. The molecule has 2 aromatic heterocycles. The van der Waals surface area contributed by atoms with Crippen LogP contribution in [0.5, 0.6) is 0 Å². The van der Waals surface area contributed by atoms with Gasteiger partial charge in [-0.3, -0.25) is 0 Å². The Bertz CT molecular complexity index is 629. The van der Waals surface area contributed by atoms with Crippen LogP contribution in [-0.2, 0) is 12.0 Å². The average Bonchev–Trinajstić information content (AvgIpc) is 3.15. The van der Waals surface area contributed by atoms with E-state index < -0.39 is 0 Å². The molecule has 0 aliphatic rings. The summed E-state index contributed by atoms with van der Waals surface area (Å²) in [5.74, 6) is 0.834. The molecule has 7 heteroatoms. The van der Waals surface area contributed by atoms with Crippen molar-refractivity contribution in [2.75, 3.05) is 6.54 Å². The molecule has 0 fully saturated rings. The van der Waals surface area contributed by atoms with Crippen molar-refractivity contribution < 1.29 is 0 Å².